The van der Waals surface area contributed by atoms with Crippen molar-refractivity contribution in [3.05, 3.63) is 93.5 Å². The molecule has 0 heterocycles. The fourth-order valence-corrected chi connectivity index (χ4v) is 3.49. The zero-order chi connectivity index (χ0) is 23.1. The first-order valence-corrected chi connectivity index (χ1v) is 10.4. The van der Waals surface area contributed by atoms with Gasteiger partial charge >= 0.3 is 5.97 Å². The van der Waals surface area contributed by atoms with Gasteiger partial charge in [0.2, 0.25) is 0 Å². The van der Waals surface area contributed by atoms with Crippen molar-refractivity contribution >= 4 is 35.1 Å². The number of rotatable bonds is 9. The minimum Gasteiger partial charge on any atom is -0.497 e. The predicted molar refractivity (Wildman–Crippen MR) is 123 cm³/mol. The third kappa shape index (κ3) is 5.93. The number of halogens is 2. The van der Waals surface area contributed by atoms with Gasteiger partial charge in [-0.3, -0.25) is 4.79 Å². The molecule has 0 radical (unpaired) electrons. The lowest BCUT2D eigenvalue weighted by Gasteiger charge is -2.24. The first-order chi connectivity index (χ1) is 15.4. The molecule has 0 unspecified atom stereocenters. The Hall–Kier alpha value is -3.22. The second-order valence-corrected chi connectivity index (χ2v) is 7.71. The Balaban J connectivity index is 1.81. The summed E-state index contributed by atoms with van der Waals surface area (Å²) in [5.74, 6) is -0.878. The number of amides is 1. The number of ether oxygens (including phenoxy) is 2. The van der Waals surface area contributed by atoms with Crippen LogP contribution < -0.4 is 9.47 Å². The summed E-state index contributed by atoms with van der Waals surface area (Å²) in [5, 5.41) is 10.0. The number of hydrogen-bond donors (Lipinski definition) is 1. The summed E-state index contributed by atoms with van der Waals surface area (Å²) < 4.78 is 10.7. The van der Waals surface area contributed by atoms with Gasteiger partial charge in [0, 0.05) is 18.1 Å². The average Bonchev–Trinajstić information content (AvgIpc) is 2.79. The lowest BCUT2D eigenvalue weighted by Crippen LogP contribution is -2.34. The molecule has 166 valence electrons. The van der Waals surface area contributed by atoms with Crippen molar-refractivity contribution < 1.29 is 24.2 Å². The number of nitrogens with zero attached hydrogens (tertiary/aromatic N) is 1. The van der Waals surface area contributed by atoms with E-state index in [4.69, 9.17) is 32.7 Å². The summed E-state index contributed by atoms with van der Waals surface area (Å²) in [6.45, 7) is 0.165. The Bertz CT molecular complexity index is 1100. The van der Waals surface area contributed by atoms with Gasteiger partial charge in [0.05, 0.1) is 12.1 Å². The van der Waals surface area contributed by atoms with Gasteiger partial charge in [-0.25, -0.2) is 4.79 Å². The summed E-state index contributed by atoms with van der Waals surface area (Å²) in [7, 11) is 1.58. The zero-order valence-electron chi connectivity index (χ0n) is 17.3. The summed E-state index contributed by atoms with van der Waals surface area (Å²) in [6.07, 6.45) is 0. The van der Waals surface area contributed by atoms with E-state index in [1.807, 2.05) is 42.5 Å². The molecule has 0 aliphatic rings. The van der Waals surface area contributed by atoms with Gasteiger partial charge in [-0.15, -0.1) is 0 Å². The number of benzene rings is 3. The van der Waals surface area contributed by atoms with Crippen LogP contribution in [0.4, 0.5) is 0 Å². The topological polar surface area (TPSA) is 76.1 Å². The molecule has 3 aromatic rings. The van der Waals surface area contributed by atoms with Crippen LogP contribution in [0.2, 0.25) is 10.0 Å². The molecule has 0 aliphatic carbocycles. The fourth-order valence-electron chi connectivity index (χ4n) is 3.06. The Kier molecular flexibility index (Phi) is 7.98. The normalized spacial score (nSPS) is 10.5. The molecular formula is C24H21Cl2NO5. The van der Waals surface area contributed by atoms with Crippen LogP contribution in [0, 0.1) is 0 Å². The van der Waals surface area contributed by atoms with Gasteiger partial charge < -0.3 is 19.5 Å². The van der Waals surface area contributed by atoms with Crippen molar-refractivity contribution in [1.29, 1.82) is 0 Å². The van der Waals surface area contributed by atoms with E-state index < -0.39 is 5.97 Å². The number of carbonyl (C=O) groups is 2. The molecule has 3 rings (SSSR count). The van der Waals surface area contributed by atoms with Crippen LogP contribution >= 0.6 is 23.2 Å². The van der Waals surface area contributed by atoms with Gasteiger partial charge in [-0.1, -0.05) is 59.6 Å². The van der Waals surface area contributed by atoms with E-state index in [1.54, 1.807) is 18.1 Å². The summed E-state index contributed by atoms with van der Waals surface area (Å²) >= 11 is 12.4. The second-order valence-electron chi connectivity index (χ2n) is 6.90. The van der Waals surface area contributed by atoms with Crippen molar-refractivity contribution in [1.82, 2.24) is 4.90 Å². The van der Waals surface area contributed by atoms with Crippen LogP contribution in [-0.4, -0.2) is 35.6 Å². The van der Waals surface area contributed by atoms with E-state index in [2.05, 4.69) is 0 Å². The van der Waals surface area contributed by atoms with Crippen LogP contribution in [-0.2, 0) is 17.9 Å². The number of carboxylic acids is 1. The average molecular weight is 474 g/mol. The third-order valence-corrected chi connectivity index (χ3v) is 5.41. The van der Waals surface area contributed by atoms with Gasteiger partial charge in [0.25, 0.3) is 5.91 Å². The molecule has 0 aromatic heterocycles. The molecule has 0 aliphatic heterocycles. The van der Waals surface area contributed by atoms with Crippen LogP contribution in [0.1, 0.15) is 21.5 Å². The number of carbonyl (C=O) groups excluding carboxylic acids is 1. The van der Waals surface area contributed by atoms with Gasteiger partial charge in [-0.05, 0) is 41.5 Å². The molecule has 32 heavy (non-hydrogen) atoms. The maximum absolute atomic E-state index is 13.1. The summed E-state index contributed by atoms with van der Waals surface area (Å²) in [4.78, 5) is 26.1. The molecule has 0 atom stereocenters. The van der Waals surface area contributed by atoms with E-state index >= 15 is 0 Å². The maximum atomic E-state index is 13.1. The maximum Gasteiger partial charge on any atom is 0.339 e. The molecule has 1 N–H and O–H groups in total. The highest BCUT2D eigenvalue weighted by Crippen LogP contribution is 2.29. The molecule has 0 saturated carbocycles. The van der Waals surface area contributed by atoms with Crippen LogP contribution in [0.15, 0.2) is 66.7 Å². The van der Waals surface area contributed by atoms with Crippen molar-refractivity contribution in [2.75, 3.05) is 13.7 Å². The standard InChI is InChI=1S/C24H21Cl2NO5/c1-31-18-11-9-16(10-12-18)13-27(14-17-5-2-3-7-20(17)25)22(28)15-32-23-19(24(29)30)6-4-8-21(23)26/h2-12H,13-15H2,1H3,(H,29,30). The highest BCUT2D eigenvalue weighted by molar-refractivity contribution is 6.32. The quantitative estimate of drug-likeness (QED) is 0.455. The highest BCUT2D eigenvalue weighted by atomic mass is 35.5. The predicted octanol–water partition coefficient (Wildman–Crippen LogP) is 5.31. The minimum atomic E-state index is -1.19. The third-order valence-electron chi connectivity index (χ3n) is 4.74. The fraction of sp³-hybridized carbons (Fsp3) is 0.167. The molecule has 0 fully saturated rings. The van der Waals surface area contributed by atoms with Crippen molar-refractivity contribution in [3.63, 3.8) is 0 Å². The SMILES string of the molecule is COc1ccc(CN(Cc2ccccc2Cl)C(=O)COc2c(Cl)cccc2C(=O)O)cc1. The van der Waals surface area contributed by atoms with Crippen LogP contribution in [0.5, 0.6) is 11.5 Å². The first kappa shape index (κ1) is 23.4. The summed E-state index contributed by atoms with van der Waals surface area (Å²) in [5.41, 5.74) is 1.55. The van der Waals surface area contributed by atoms with Gasteiger partial charge in [-0.2, -0.15) is 0 Å². The van der Waals surface area contributed by atoms with Crippen LogP contribution in [0.3, 0.4) is 0 Å². The van der Waals surface area contributed by atoms with E-state index in [-0.39, 0.29) is 35.4 Å². The second kappa shape index (κ2) is 10.9. The molecule has 0 bridgehead atoms. The molecular weight excluding hydrogens is 453 g/mol. The molecule has 1 amide bonds. The zero-order valence-corrected chi connectivity index (χ0v) is 18.8. The number of carboxylic acid groups (broad SMARTS) is 1. The molecule has 6 nitrogen and oxygen atoms in total. The molecule has 0 spiro atoms. The van der Waals surface area contributed by atoms with Gasteiger partial charge in [0.1, 0.15) is 11.3 Å². The van der Waals surface area contributed by atoms with E-state index in [1.165, 1.54) is 18.2 Å². The number of aromatic carboxylic acids is 1. The van der Waals surface area contributed by atoms with E-state index in [0.29, 0.717) is 17.3 Å². The highest BCUT2D eigenvalue weighted by Gasteiger charge is 2.20. The van der Waals surface area contributed by atoms with E-state index in [9.17, 15) is 14.7 Å². The number of para-hydroxylation sites is 1. The largest absolute Gasteiger partial charge is 0.497 e. The minimum absolute atomic E-state index is 0.0443. The summed E-state index contributed by atoms with van der Waals surface area (Å²) in [6, 6.07) is 19.0. The number of hydrogen-bond acceptors (Lipinski definition) is 4. The van der Waals surface area contributed by atoms with Crippen molar-refractivity contribution in [3.8, 4) is 11.5 Å². The monoisotopic (exact) mass is 473 g/mol. The molecule has 8 heteroatoms. The first-order valence-electron chi connectivity index (χ1n) is 9.67. The Morgan fingerprint density at radius 1 is 0.906 bits per heavy atom. The Labute approximate surface area is 195 Å². The van der Waals surface area contributed by atoms with E-state index in [0.717, 1.165) is 11.1 Å². The Morgan fingerprint density at radius 3 is 2.25 bits per heavy atom. The Morgan fingerprint density at radius 2 is 1.59 bits per heavy atom. The molecule has 0 saturated heterocycles. The smallest absolute Gasteiger partial charge is 0.339 e. The van der Waals surface area contributed by atoms with Crippen molar-refractivity contribution in [2.24, 2.45) is 0 Å². The number of methoxy groups -OCH3 is 1. The van der Waals surface area contributed by atoms with Gasteiger partial charge in [0.15, 0.2) is 12.4 Å². The lowest BCUT2D eigenvalue weighted by atomic mass is 10.1. The molecule has 3 aromatic carbocycles. The van der Waals surface area contributed by atoms with Crippen molar-refractivity contribution in [2.45, 2.75) is 13.1 Å². The van der Waals surface area contributed by atoms with Crippen LogP contribution in [0.25, 0.3) is 0 Å². The lowest BCUT2D eigenvalue weighted by molar-refractivity contribution is -0.134.